The van der Waals surface area contributed by atoms with Crippen molar-refractivity contribution in [1.82, 2.24) is 15.1 Å². The third kappa shape index (κ3) is 4.11. The minimum atomic E-state index is 0.478. The van der Waals surface area contributed by atoms with Gasteiger partial charge in [0, 0.05) is 29.0 Å². The molecule has 0 amide bonds. The number of hydrogen-bond donors (Lipinski definition) is 1. The smallest absolute Gasteiger partial charge is 0.0987 e. The number of hydrogen-bond acceptors (Lipinski definition) is 3. The Kier molecular flexibility index (Phi) is 5.29. The summed E-state index contributed by atoms with van der Waals surface area (Å²) in [6.45, 7) is 7.22. The van der Waals surface area contributed by atoms with Gasteiger partial charge >= 0.3 is 0 Å². The molecule has 1 aromatic heterocycles. The summed E-state index contributed by atoms with van der Waals surface area (Å²) in [5, 5.41) is 9.04. The van der Waals surface area contributed by atoms with Gasteiger partial charge in [0.2, 0.25) is 0 Å². The molecule has 0 bridgehead atoms. The van der Waals surface area contributed by atoms with Gasteiger partial charge in [0.1, 0.15) is 0 Å². The van der Waals surface area contributed by atoms with E-state index in [0.717, 1.165) is 21.7 Å². The van der Waals surface area contributed by atoms with E-state index in [-0.39, 0.29) is 0 Å². The summed E-state index contributed by atoms with van der Waals surface area (Å²) in [6, 6.07) is 9.03. The van der Waals surface area contributed by atoms with Gasteiger partial charge in [0.05, 0.1) is 10.7 Å². The molecule has 2 aromatic rings. The SMILES string of the molecule is Cc1cc(Sc2ccc(Br)cc2CNC(C)C)n(C)n1. The lowest BCUT2D eigenvalue weighted by atomic mass is 10.2. The van der Waals surface area contributed by atoms with Crippen LogP contribution >= 0.6 is 27.7 Å². The van der Waals surface area contributed by atoms with Crippen LogP contribution in [-0.4, -0.2) is 15.8 Å². The number of halogens is 1. The zero-order valence-electron chi connectivity index (χ0n) is 12.3. The predicted octanol–water partition coefficient (Wildman–Crippen LogP) is 4.14. The number of nitrogens with zero attached hydrogens (tertiary/aromatic N) is 2. The molecular weight excluding hydrogens is 334 g/mol. The summed E-state index contributed by atoms with van der Waals surface area (Å²) >= 11 is 5.31. The minimum absolute atomic E-state index is 0.478. The van der Waals surface area contributed by atoms with E-state index in [2.05, 4.69) is 64.5 Å². The first kappa shape index (κ1) is 15.6. The topological polar surface area (TPSA) is 29.9 Å². The molecule has 3 nitrogen and oxygen atoms in total. The maximum absolute atomic E-state index is 4.40. The van der Waals surface area contributed by atoms with Crippen LogP contribution in [0.1, 0.15) is 25.1 Å². The van der Waals surface area contributed by atoms with Gasteiger partial charge < -0.3 is 5.32 Å². The van der Waals surface area contributed by atoms with E-state index in [4.69, 9.17) is 0 Å². The van der Waals surface area contributed by atoms with E-state index in [1.165, 1.54) is 10.5 Å². The summed E-state index contributed by atoms with van der Waals surface area (Å²) in [5.74, 6) is 0. The molecule has 2 rings (SSSR count). The first-order valence-electron chi connectivity index (χ1n) is 6.66. The number of aryl methyl sites for hydroxylation is 2. The second kappa shape index (κ2) is 6.78. The van der Waals surface area contributed by atoms with Crippen LogP contribution < -0.4 is 5.32 Å². The molecule has 20 heavy (non-hydrogen) atoms. The van der Waals surface area contributed by atoms with Crippen molar-refractivity contribution in [3.8, 4) is 0 Å². The lowest BCUT2D eigenvalue weighted by Gasteiger charge is -2.13. The van der Waals surface area contributed by atoms with E-state index < -0.39 is 0 Å². The molecule has 0 saturated carbocycles. The highest BCUT2D eigenvalue weighted by molar-refractivity contribution is 9.10. The number of aromatic nitrogens is 2. The Hall–Kier alpha value is -0.780. The van der Waals surface area contributed by atoms with Gasteiger partial charge in [-0.15, -0.1) is 0 Å². The zero-order valence-corrected chi connectivity index (χ0v) is 14.7. The first-order chi connectivity index (χ1) is 9.45. The van der Waals surface area contributed by atoms with Crippen LogP contribution in [0.15, 0.2) is 38.7 Å². The fourth-order valence-electron chi connectivity index (χ4n) is 1.89. The molecule has 1 aromatic carbocycles. The molecule has 0 fully saturated rings. The highest BCUT2D eigenvalue weighted by atomic mass is 79.9. The van der Waals surface area contributed by atoms with Crippen LogP contribution in [0.2, 0.25) is 0 Å². The summed E-state index contributed by atoms with van der Waals surface area (Å²) in [6.07, 6.45) is 0. The molecule has 0 radical (unpaired) electrons. The van der Waals surface area contributed by atoms with Crippen LogP contribution in [0.4, 0.5) is 0 Å². The second-order valence-electron chi connectivity index (χ2n) is 5.14. The molecule has 0 saturated heterocycles. The van der Waals surface area contributed by atoms with E-state index in [9.17, 15) is 0 Å². The second-order valence-corrected chi connectivity index (χ2v) is 7.12. The van der Waals surface area contributed by atoms with E-state index in [1.54, 1.807) is 11.8 Å². The first-order valence-corrected chi connectivity index (χ1v) is 8.27. The molecule has 0 atom stereocenters. The Labute approximate surface area is 133 Å². The van der Waals surface area contributed by atoms with Crippen LogP contribution in [-0.2, 0) is 13.6 Å². The van der Waals surface area contributed by atoms with Crippen LogP contribution in [0.3, 0.4) is 0 Å². The van der Waals surface area contributed by atoms with Gasteiger partial charge in [-0.05, 0) is 36.8 Å². The highest BCUT2D eigenvalue weighted by Gasteiger charge is 2.09. The van der Waals surface area contributed by atoms with Crippen molar-refractivity contribution in [2.24, 2.45) is 7.05 Å². The third-order valence-corrected chi connectivity index (χ3v) is 4.60. The molecule has 108 valence electrons. The summed E-state index contributed by atoms with van der Waals surface area (Å²) in [5.41, 5.74) is 2.35. The largest absolute Gasteiger partial charge is 0.310 e. The Morgan fingerprint density at radius 3 is 2.70 bits per heavy atom. The van der Waals surface area contributed by atoms with Gasteiger partial charge in [-0.1, -0.05) is 41.5 Å². The van der Waals surface area contributed by atoms with Crippen LogP contribution in [0, 0.1) is 6.92 Å². The molecule has 1 N–H and O–H groups in total. The maximum Gasteiger partial charge on any atom is 0.0987 e. The quantitative estimate of drug-likeness (QED) is 0.875. The summed E-state index contributed by atoms with van der Waals surface area (Å²) < 4.78 is 3.05. The normalized spacial score (nSPS) is 11.3. The average molecular weight is 354 g/mol. The van der Waals surface area contributed by atoms with Crippen molar-refractivity contribution in [3.63, 3.8) is 0 Å². The summed E-state index contributed by atoms with van der Waals surface area (Å²) in [4.78, 5) is 1.27. The predicted molar refractivity (Wildman–Crippen MR) is 88.2 cm³/mol. The van der Waals surface area contributed by atoms with Crippen molar-refractivity contribution >= 4 is 27.7 Å². The lowest BCUT2D eigenvalue weighted by molar-refractivity contribution is 0.584. The van der Waals surface area contributed by atoms with Gasteiger partial charge in [-0.25, -0.2) is 0 Å². The monoisotopic (exact) mass is 353 g/mol. The highest BCUT2D eigenvalue weighted by Crippen LogP contribution is 2.32. The fourth-order valence-corrected chi connectivity index (χ4v) is 3.33. The van der Waals surface area contributed by atoms with Crippen LogP contribution in [0.5, 0.6) is 0 Å². The number of nitrogens with one attached hydrogen (secondary N) is 1. The molecular formula is C15H20BrN3S. The Morgan fingerprint density at radius 2 is 2.10 bits per heavy atom. The Balaban J connectivity index is 2.24. The fraction of sp³-hybridized carbons (Fsp3) is 0.400. The molecule has 0 aliphatic rings. The van der Waals surface area contributed by atoms with Gasteiger partial charge in [-0.2, -0.15) is 5.10 Å². The number of rotatable bonds is 5. The minimum Gasteiger partial charge on any atom is -0.310 e. The van der Waals surface area contributed by atoms with Crippen molar-refractivity contribution in [2.45, 2.75) is 43.3 Å². The molecule has 0 spiro atoms. The van der Waals surface area contributed by atoms with Crippen molar-refractivity contribution in [2.75, 3.05) is 0 Å². The Bertz CT molecular complexity index is 593. The number of benzene rings is 1. The van der Waals surface area contributed by atoms with Gasteiger partial charge in [0.15, 0.2) is 0 Å². The van der Waals surface area contributed by atoms with Gasteiger partial charge in [-0.3, -0.25) is 4.68 Å². The van der Waals surface area contributed by atoms with Crippen molar-refractivity contribution in [3.05, 3.63) is 40.0 Å². The maximum atomic E-state index is 4.40. The third-order valence-electron chi connectivity index (χ3n) is 2.90. The van der Waals surface area contributed by atoms with Crippen molar-refractivity contribution < 1.29 is 0 Å². The molecule has 0 unspecified atom stereocenters. The molecule has 5 heteroatoms. The van der Waals surface area contributed by atoms with Crippen molar-refractivity contribution in [1.29, 1.82) is 0 Å². The van der Waals surface area contributed by atoms with Gasteiger partial charge in [0.25, 0.3) is 0 Å². The van der Waals surface area contributed by atoms with E-state index in [1.807, 2.05) is 18.7 Å². The van der Waals surface area contributed by atoms with E-state index in [0.29, 0.717) is 6.04 Å². The van der Waals surface area contributed by atoms with Crippen LogP contribution in [0.25, 0.3) is 0 Å². The zero-order chi connectivity index (χ0) is 14.7. The Morgan fingerprint density at radius 1 is 1.35 bits per heavy atom. The van der Waals surface area contributed by atoms with E-state index >= 15 is 0 Å². The standard InChI is InChI=1S/C15H20BrN3S/c1-10(2)17-9-12-8-13(16)5-6-14(12)20-15-7-11(3)18-19(15)4/h5-8,10,17H,9H2,1-4H3. The molecule has 0 aliphatic carbocycles. The summed E-state index contributed by atoms with van der Waals surface area (Å²) in [7, 11) is 1.99. The average Bonchev–Trinajstić information content (AvgIpc) is 2.68. The molecule has 0 aliphatic heterocycles. The molecule has 1 heterocycles. The lowest BCUT2D eigenvalue weighted by Crippen LogP contribution is -2.22.